The lowest BCUT2D eigenvalue weighted by Crippen LogP contribution is -2.61. The van der Waals surface area contributed by atoms with Crippen molar-refractivity contribution in [1.82, 2.24) is 4.90 Å². The number of carbonyl (C=O) groups excluding carboxylic acids is 1. The lowest BCUT2D eigenvalue weighted by atomic mass is 9.83. The van der Waals surface area contributed by atoms with Gasteiger partial charge < -0.3 is 15.1 Å². The molecule has 1 aromatic heterocycles. The molecule has 0 spiro atoms. The number of carbonyl (C=O) groups is 2. The van der Waals surface area contributed by atoms with Gasteiger partial charge in [0.1, 0.15) is 5.70 Å². The second kappa shape index (κ2) is 6.57. The van der Waals surface area contributed by atoms with Crippen LogP contribution >= 0.6 is 11.8 Å². The van der Waals surface area contributed by atoms with Crippen molar-refractivity contribution in [2.75, 3.05) is 5.75 Å². The van der Waals surface area contributed by atoms with Crippen molar-refractivity contribution in [1.29, 1.82) is 0 Å². The van der Waals surface area contributed by atoms with Gasteiger partial charge in [0.25, 0.3) is 0 Å². The van der Waals surface area contributed by atoms with E-state index in [1.54, 1.807) is 6.92 Å². The molecule has 2 N–H and O–H groups in total. The summed E-state index contributed by atoms with van der Waals surface area (Å²) in [6.45, 7) is 4.38. The fraction of sp³-hybridized carbons (Fsp3) is 0.471. The second-order valence-corrected chi connectivity index (χ2v) is 7.47. The van der Waals surface area contributed by atoms with Gasteiger partial charge in [-0.3, -0.25) is 4.79 Å². The van der Waals surface area contributed by atoms with Gasteiger partial charge in [-0.05, 0) is 19.4 Å². The molecule has 0 aliphatic carbocycles. The smallest absolute Gasteiger partial charge is 0.353 e. The van der Waals surface area contributed by atoms with E-state index in [1.807, 2.05) is 31.5 Å². The molecular formula is C17H21N2O4S+. The van der Waals surface area contributed by atoms with Crippen LogP contribution < -0.4 is 4.57 Å². The Morgan fingerprint density at radius 3 is 2.71 bits per heavy atom. The van der Waals surface area contributed by atoms with Gasteiger partial charge in [-0.2, -0.15) is 0 Å². The Bertz CT molecular complexity index is 699. The summed E-state index contributed by atoms with van der Waals surface area (Å²) in [7, 11) is 0. The van der Waals surface area contributed by atoms with E-state index >= 15 is 0 Å². The predicted octanol–water partition coefficient (Wildman–Crippen LogP) is 0.923. The van der Waals surface area contributed by atoms with Gasteiger partial charge in [0, 0.05) is 23.5 Å². The first-order valence-corrected chi connectivity index (χ1v) is 8.95. The van der Waals surface area contributed by atoms with Gasteiger partial charge in [0.2, 0.25) is 5.91 Å². The van der Waals surface area contributed by atoms with Crippen LogP contribution in [0.3, 0.4) is 0 Å². The van der Waals surface area contributed by atoms with Gasteiger partial charge in [-0.25, -0.2) is 9.36 Å². The minimum Gasteiger partial charge on any atom is -0.477 e. The maximum atomic E-state index is 12.1. The number of aromatic nitrogens is 1. The van der Waals surface area contributed by atoms with Gasteiger partial charge in [-0.15, -0.1) is 11.8 Å². The average Bonchev–Trinajstić information content (AvgIpc) is 2.83. The van der Waals surface area contributed by atoms with E-state index in [1.165, 1.54) is 22.2 Å². The quantitative estimate of drug-likeness (QED) is 0.590. The van der Waals surface area contributed by atoms with Crippen LogP contribution in [0.25, 0.3) is 0 Å². The Morgan fingerprint density at radius 1 is 1.46 bits per heavy atom. The SMILES string of the molecule is Cc1cc[n+](CCSC2=C(C(=O)O)N3C(=O)C(C(C)O)C3C2)cc1. The van der Waals surface area contributed by atoms with Crippen LogP contribution in [0.1, 0.15) is 18.9 Å². The Hall–Kier alpha value is -1.86. The van der Waals surface area contributed by atoms with Gasteiger partial charge in [0.15, 0.2) is 18.9 Å². The maximum Gasteiger partial charge on any atom is 0.353 e. The van der Waals surface area contributed by atoms with Gasteiger partial charge in [-0.1, -0.05) is 0 Å². The Kier molecular flexibility index (Phi) is 4.64. The summed E-state index contributed by atoms with van der Waals surface area (Å²) in [5, 5.41) is 19.2. The number of aliphatic hydroxyl groups is 1. The molecule has 1 saturated heterocycles. The number of hydrogen-bond donors (Lipinski definition) is 2. The molecule has 2 aliphatic rings. The van der Waals surface area contributed by atoms with Gasteiger partial charge >= 0.3 is 5.97 Å². The highest BCUT2D eigenvalue weighted by Gasteiger charge is 2.56. The number of thioether (sulfide) groups is 1. The highest BCUT2D eigenvalue weighted by molar-refractivity contribution is 8.03. The zero-order valence-electron chi connectivity index (χ0n) is 13.7. The minimum absolute atomic E-state index is 0.0980. The van der Waals surface area contributed by atoms with E-state index in [2.05, 4.69) is 4.57 Å². The van der Waals surface area contributed by atoms with Crippen LogP contribution in [-0.2, 0) is 16.1 Å². The molecule has 1 fully saturated rings. The van der Waals surface area contributed by atoms with E-state index in [-0.39, 0.29) is 17.6 Å². The largest absolute Gasteiger partial charge is 0.477 e. The highest BCUT2D eigenvalue weighted by Crippen LogP contribution is 2.46. The zero-order chi connectivity index (χ0) is 17.4. The molecule has 3 heterocycles. The van der Waals surface area contributed by atoms with Crippen LogP contribution in [-0.4, -0.2) is 44.9 Å². The standard InChI is InChI=1S/C17H20N2O4S/c1-10-3-5-18(6-4-10)7-8-24-13-9-12-14(11(2)20)16(21)19(12)15(13)17(22)23/h3-6,11-12,14,20H,7-9H2,1-2H3/p+1. The molecule has 0 saturated carbocycles. The number of carboxylic acid groups (broad SMARTS) is 1. The number of nitrogens with zero attached hydrogens (tertiary/aromatic N) is 2. The normalized spacial score (nSPS) is 24.0. The summed E-state index contributed by atoms with van der Waals surface area (Å²) in [4.78, 5) is 25.8. The Labute approximate surface area is 144 Å². The van der Waals surface area contributed by atoms with Crippen LogP contribution in [0.4, 0.5) is 0 Å². The summed E-state index contributed by atoms with van der Waals surface area (Å²) >= 11 is 1.49. The summed E-state index contributed by atoms with van der Waals surface area (Å²) in [5.74, 6) is -1.10. The summed E-state index contributed by atoms with van der Waals surface area (Å²) in [6.07, 6.45) is 3.77. The molecule has 0 aromatic carbocycles. The maximum absolute atomic E-state index is 12.1. The summed E-state index contributed by atoms with van der Waals surface area (Å²) in [6, 6.07) is 3.85. The molecule has 1 aromatic rings. The van der Waals surface area contributed by atoms with Crippen molar-refractivity contribution in [2.24, 2.45) is 5.92 Å². The first kappa shape index (κ1) is 17.0. The van der Waals surface area contributed by atoms with Crippen LogP contribution in [0, 0.1) is 12.8 Å². The molecule has 3 atom stereocenters. The third-order valence-corrected chi connectivity index (χ3v) is 5.67. The number of fused-ring (bicyclic) bond motifs is 1. The summed E-state index contributed by atoms with van der Waals surface area (Å²) < 4.78 is 2.05. The van der Waals surface area contributed by atoms with E-state index in [4.69, 9.17) is 0 Å². The number of aliphatic carboxylic acids is 1. The molecule has 128 valence electrons. The number of β-lactam (4-membered cyclic amide) rings is 1. The molecule has 24 heavy (non-hydrogen) atoms. The molecule has 2 aliphatic heterocycles. The van der Waals surface area contributed by atoms with Crippen molar-refractivity contribution in [2.45, 2.75) is 39.0 Å². The van der Waals surface area contributed by atoms with Crippen molar-refractivity contribution in [3.8, 4) is 0 Å². The van der Waals surface area contributed by atoms with Crippen molar-refractivity contribution in [3.05, 3.63) is 40.7 Å². The number of aliphatic hydroxyl groups excluding tert-OH is 1. The molecule has 3 unspecified atom stereocenters. The number of aryl methyl sites for hydroxylation is 2. The van der Waals surface area contributed by atoms with E-state index in [9.17, 15) is 19.8 Å². The second-order valence-electron chi connectivity index (χ2n) is 6.28. The lowest BCUT2D eigenvalue weighted by Gasteiger charge is -2.44. The molecule has 7 heteroatoms. The molecule has 0 bridgehead atoms. The highest BCUT2D eigenvalue weighted by atomic mass is 32.2. The number of amides is 1. The monoisotopic (exact) mass is 349 g/mol. The lowest BCUT2D eigenvalue weighted by molar-refractivity contribution is -0.692. The van der Waals surface area contributed by atoms with Gasteiger partial charge in [0.05, 0.1) is 23.8 Å². The van der Waals surface area contributed by atoms with Crippen LogP contribution in [0.5, 0.6) is 0 Å². The third-order valence-electron chi connectivity index (χ3n) is 4.57. The first-order chi connectivity index (χ1) is 11.4. The molecule has 0 radical (unpaired) electrons. The first-order valence-electron chi connectivity index (χ1n) is 7.96. The minimum atomic E-state index is -1.07. The zero-order valence-corrected chi connectivity index (χ0v) is 14.5. The topological polar surface area (TPSA) is 81.7 Å². The average molecular weight is 349 g/mol. The number of pyridine rings is 1. The fourth-order valence-electron chi connectivity index (χ4n) is 3.31. The number of carboxylic acids is 1. The molecule has 3 rings (SSSR count). The van der Waals surface area contributed by atoms with Crippen LogP contribution in [0.15, 0.2) is 35.1 Å². The van der Waals surface area contributed by atoms with E-state index < -0.39 is 18.0 Å². The molecular weight excluding hydrogens is 328 g/mol. The van der Waals surface area contributed by atoms with Crippen molar-refractivity contribution >= 4 is 23.6 Å². The van der Waals surface area contributed by atoms with Crippen molar-refractivity contribution in [3.63, 3.8) is 0 Å². The predicted molar refractivity (Wildman–Crippen MR) is 88.9 cm³/mol. The number of rotatable bonds is 6. The summed E-state index contributed by atoms with van der Waals surface area (Å²) in [5.41, 5.74) is 1.29. The van der Waals surface area contributed by atoms with Crippen molar-refractivity contribution < 1.29 is 24.4 Å². The van der Waals surface area contributed by atoms with Crippen LogP contribution in [0.2, 0.25) is 0 Å². The van der Waals surface area contributed by atoms with E-state index in [0.29, 0.717) is 6.42 Å². The Balaban J connectivity index is 1.67. The third kappa shape index (κ3) is 2.93. The molecule has 6 nitrogen and oxygen atoms in total. The molecule has 1 amide bonds. The van der Waals surface area contributed by atoms with E-state index in [0.717, 1.165) is 17.2 Å². The number of hydrogen-bond acceptors (Lipinski definition) is 4. The fourth-order valence-corrected chi connectivity index (χ4v) is 4.47. The Morgan fingerprint density at radius 2 is 2.12 bits per heavy atom.